The van der Waals surface area contributed by atoms with Gasteiger partial charge in [0.1, 0.15) is 5.75 Å². The summed E-state index contributed by atoms with van der Waals surface area (Å²) in [5.41, 5.74) is 0.665. The number of nitrogens with zero attached hydrogens (tertiary/aromatic N) is 1. The minimum Gasteiger partial charge on any atom is -0.496 e. The van der Waals surface area contributed by atoms with Crippen LogP contribution in [-0.2, 0) is 0 Å². The largest absolute Gasteiger partial charge is 0.496 e. The zero-order valence-corrected chi connectivity index (χ0v) is 14.2. The SMILES string of the molecule is COc1cc(OC)c([I+]c2cccc(C#N)c2)c(OC)c1. The van der Waals surface area contributed by atoms with Crippen LogP contribution in [0.4, 0.5) is 0 Å². The fraction of sp³-hybridized carbons (Fsp3) is 0.188. The van der Waals surface area contributed by atoms with Crippen LogP contribution in [-0.4, -0.2) is 21.3 Å². The van der Waals surface area contributed by atoms with E-state index in [0.717, 1.165) is 18.6 Å². The Morgan fingerprint density at radius 1 is 0.952 bits per heavy atom. The Balaban J connectivity index is 2.44. The van der Waals surface area contributed by atoms with Crippen LogP contribution in [0.3, 0.4) is 0 Å². The van der Waals surface area contributed by atoms with Gasteiger partial charge in [0, 0.05) is 18.2 Å². The number of rotatable bonds is 5. The summed E-state index contributed by atoms with van der Waals surface area (Å²) in [6.45, 7) is 0. The number of methoxy groups -OCH3 is 3. The molecule has 2 aromatic rings. The van der Waals surface area contributed by atoms with Gasteiger partial charge in [0.2, 0.25) is 0 Å². The molecule has 0 aliphatic heterocycles. The summed E-state index contributed by atoms with van der Waals surface area (Å²) in [6.07, 6.45) is 0. The first-order valence-electron chi connectivity index (χ1n) is 6.16. The average molecular weight is 396 g/mol. The molecule has 21 heavy (non-hydrogen) atoms. The lowest BCUT2D eigenvalue weighted by Crippen LogP contribution is -3.61. The quantitative estimate of drug-likeness (QED) is 0.653. The van der Waals surface area contributed by atoms with E-state index in [2.05, 4.69) is 6.07 Å². The molecule has 0 saturated heterocycles. The van der Waals surface area contributed by atoms with E-state index in [1.165, 1.54) is 0 Å². The lowest BCUT2D eigenvalue weighted by atomic mass is 10.2. The molecule has 2 rings (SSSR count). The van der Waals surface area contributed by atoms with Crippen molar-refractivity contribution in [1.29, 1.82) is 5.26 Å². The van der Waals surface area contributed by atoms with Gasteiger partial charge in [-0.15, -0.1) is 0 Å². The maximum absolute atomic E-state index is 8.99. The maximum atomic E-state index is 8.99. The topological polar surface area (TPSA) is 51.5 Å². The minimum absolute atomic E-state index is 0.525. The average Bonchev–Trinajstić information content (AvgIpc) is 2.55. The number of benzene rings is 2. The summed E-state index contributed by atoms with van der Waals surface area (Å²) < 4.78 is 18.3. The van der Waals surface area contributed by atoms with Gasteiger partial charge < -0.3 is 14.2 Å². The van der Waals surface area contributed by atoms with Crippen molar-refractivity contribution in [1.82, 2.24) is 0 Å². The van der Waals surface area contributed by atoms with Gasteiger partial charge in [0.15, 0.2) is 15.1 Å². The number of hydrogen-bond donors (Lipinski definition) is 0. The van der Waals surface area contributed by atoms with Crippen molar-refractivity contribution in [2.45, 2.75) is 0 Å². The predicted octanol–water partition coefficient (Wildman–Crippen LogP) is -0.288. The molecule has 0 aliphatic rings. The van der Waals surface area contributed by atoms with Crippen molar-refractivity contribution < 1.29 is 35.4 Å². The number of ether oxygens (including phenoxy) is 3. The normalized spacial score (nSPS) is 9.81. The second kappa shape index (κ2) is 7.18. The van der Waals surface area contributed by atoms with Crippen LogP contribution >= 0.6 is 0 Å². The van der Waals surface area contributed by atoms with Gasteiger partial charge in [-0.25, -0.2) is 0 Å². The Morgan fingerprint density at radius 2 is 1.62 bits per heavy atom. The Morgan fingerprint density at radius 3 is 2.14 bits per heavy atom. The highest BCUT2D eigenvalue weighted by Crippen LogP contribution is 2.27. The van der Waals surface area contributed by atoms with E-state index in [4.69, 9.17) is 19.5 Å². The van der Waals surface area contributed by atoms with Gasteiger partial charge in [-0.2, -0.15) is 5.26 Å². The van der Waals surface area contributed by atoms with E-state index in [0.29, 0.717) is 11.3 Å². The molecule has 0 amide bonds. The molecule has 0 aliphatic carbocycles. The van der Waals surface area contributed by atoms with Crippen molar-refractivity contribution in [3.63, 3.8) is 0 Å². The highest BCUT2D eigenvalue weighted by atomic mass is 127. The Hall–Kier alpha value is -1.94. The summed E-state index contributed by atoms with van der Waals surface area (Å²) in [5.74, 6) is 2.20. The van der Waals surface area contributed by atoms with Crippen molar-refractivity contribution in [2.75, 3.05) is 21.3 Å². The predicted molar refractivity (Wildman–Crippen MR) is 74.6 cm³/mol. The number of nitriles is 1. The molecule has 0 bridgehead atoms. The Kier molecular flexibility index (Phi) is 5.28. The molecule has 0 spiro atoms. The molecule has 0 fully saturated rings. The zero-order chi connectivity index (χ0) is 15.2. The number of halogens is 1. The molecule has 0 aromatic heterocycles. The molecule has 0 N–H and O–H groups in total. The Labute approximate surface area is 134 Å². The summed E-state index contributed by atoms with van der Waals surface area (Å²) in [4.78, 5) is 0. The second-order valence-corrected chi connectivity index (χ2v) is 6.93. The highest BCUT2D eigenvalue weighted by Gasteiger charge is 2.28. The van der Waals surface area contributed by atoms with Gasteiger partial charge in [-0.05, 0) is 12.1 Å². The fourth-order valence-electron chi connectivity index (χ4n) is 1.78. The molecular weight excluding hydrogens is 381 g/mol. The molecule has 0 unspecified atom stereocenters. The number of hydrogen-bond acceptors (Lipinski definition) is 4. The first kappa shape index (κ1) is 15.4. The summed E-state index contributed by atoms with van der Waals surface area (Å²) in [7, 11) is 4.87. The fourth-order valence-corrected chi connectivity index (χ4v) is 4.57. The van der Waals surface area contributed by atoms with Gasteiger partial charge in [-0.1, -0.05) is 6.07 Å². The summed E-state index contributed by atoms with van der Waals surface area (Å²) in [6, 6.07) is 13.5. The molecule has 2 aromatic carbocycles. The second-order valence-electron chi connectivity index (χ2n) is 4.06. The maximum Gasteiger partial charge on any atom is 0.366 e. The minimum atomic E-state index is -0.525. The lowest BCUT2D eigenvalue weighted by Gasteiger charge is -2.08. The van der Waals surface area contributed by atoms with Crippen LogP contribution in [0.2, 0.25) is 0 Å². The molecule has 0 atom stereocenters. The summed E-state index contributed by atoms with van der Waals surface area (Å²) in [5, 5.41) is 8.99. The van der Waals surface area contributed by atoms with E-state index >= 15 is 0 Å². The monoisotopic (exact) mass is 396 g/mol. The van der Waals surface area contributed by atoms with E-state index in [-0.39, 0.29) is 0 Å². The molecule has 0 heterocycles. The van der Waals surface area contributed by atoms with E-state index in [1.54, 1.807) is 27.4 Å². The van der Waals surface area contributed by atoms with Crippen molar-refractivity contribution in [3.8, 4) is 23.3 Å². The molecular formula is C16H15INO3+. The third-order valence-electron chi connectivity index (χ3n) is 2.81. The van der Waals surface area contributed by atoms with Gasteiger partial charge in [0.05, 0.1) is 33.0 Å². The van der Waals surface area contributed by atoms with Crippen molar-refractivity contribution >= 4 is 0 Å². The first-order chi connectivity index (χ1) is 10.2. The van der Waals surface area contributed by atoms with E-state index < -0.39 is 21.2 Å². The van der Waals surface area contributed by atoms with Gasteiger partial charge in [0.25, 0.3) is 3.57 Å². The lowest BCUT2D eigenvalue weighted by molar-refractivity contribution is -0.598. The van der Waals surface area contributed by atoms with E-state index in [1.807, 2.05) is 30.3 Å². The third-order valence-corrected chi connectivity index (χ3v) is 5.71. The van der Waals surface area contributed by atoms with Crippen LogP contribution < -0.4 is 35.4 Å². The molecule has 0 saturated carbocycles. The van der Waals surface area contributed by atoms with E-state index in [9.17, 15) is 0 Å². The molecule has 0 radical (unpaired) electrons. The van der Waals surface area contributed by atoms with Crippen LogP contribution in [0.15, 0.2) is 36.4 Å². The van der Waals surface area contributed by atoms with Crippen molar-refractivity contribution in [3.05, 3.63) is 49.1 Å². The molecule has 4 nitrogen and oxygen atoms in total. The van der Waals surface area contributed by atoms with Gasteiger partial charge in [-0.3, -0.25) is 0 Å². The highest BCUT2D eigenvalue weighted by molar-refractivity contribution is 5.41. The summed E-state index contributed by atoms with van der Waals surface area (Å²) >= 11 is -0.525. The zero-order valence-electron chi connectivity index (χ0n) is 12.0. The molecule has 108 valence electrons. The third kappa shape index (κ3) is 3.58. The van der Waals surface area contributed by atoms with Crippen molar-refractivity contribution in [2.24, 2.45) is 0 Å². The molecule has 5 heteroatoms. The Bertz CT molecular complexity index is 654. The van der Waals surface area contributed by atoms with Crippen LogP contribution in [0, 0.1) is 18.5 Å². The first-order valence-corrected chi connectivity index (χ1v) is 8.32. The van der Waals surface area contributed by atoms with Crippen LogP contribution in [0.5, 0.6) is 17.2 Å². The van der Waals surface area contributed by atoms with Gasteiger partial charge >= 0.3 is 21.2 Å². The van der Waals surface area contributed by atoms with Crippen LogP contribution in [0.25, 0.3) is 0 Å². The standard InChI is InChI=1S/C16H15INO3/c1-19-13-8-14(20-2)16(15(9-13)21-3)17-12-6-4-5-11(7-12)10-18/h4-9H,1-3H3/q+1. The van der Waals surface area contributed by atoms with Crippen LogP contribution in [0.1, 0.15) is 5.56 Å². The smallest absolute Gasteiger partial charge is 0.366 e.